The topological polar surface area (TPSA) is 62.9 Å². The Morgan fingerprint density at radius 1 is 0.806 bits per heavy atom. The average Bonchev–Trinajstić information content (AvgIpc) is 2.75. The van der Waals surface area contributed by atoms with E-state index in [1.165, 1.54) is 0 Å². The van der Waals surface area contributed by atoms with Gasteiger partial charge in [0.25, 0.3) is 0 Å². The van der Waals surface area contributed by atoms with Gasteiger partial charge >= 0.3 is 0 Å². The average molecular weight is 473 g/mol. The molecular formula is C23H34Cl2N2O4. The van der Waals surface area contributed by atoms with E-state index in [0.29, 0.717) is 13.2 Å². The summed E-state index contributed by atoms with van der Waals surface area (Å²) in [6, 6.07) is 15.7. The molecule has 1 heterocycles. The number of nitrogens with zero attached hydrogens (tertiary/aromatic N) is 1. The minimum Gasteiger partial charge on any atom is -1.00 e. The summed E-state index contributed by atoms with van der Waals surface area (Å²) in [6.45, 7) is 5.24. The van der Waals surface area contributed by atoms with E-state index in [9.17, 15) is 0 Å². The van der Waals surface area contributed by atoms with Gasteiger partial charge in [-0.2, -0.15) is 0 Å². The predicted molar refractivity (Wildman–Crippen MR) is 121 cm³/mol. The normalized spacial score (nSPS) is 16.9. The molecule has 1 saturated heterocycles. The molecule has 174 valence electrons. The molecule has 1 fully saturated rings. The van der Waals surface area contributed by atoms with Gasteiger partial charge in [-0.25, -0.2) is 0 Å². The fraction of sp³-hybridized carbons (Fsp3) is 0.478. The summed E-state index contributed by atoms with van der Waals surface area (Å²) in [5.41, 5.74) is 6.31. The summed E-state index contributed by atoms with van der Waals surface area (Å²) >= 11 is 0. The number of piperidine rings is 1. The van der Waals surface area contributed by atoms with Gasteiger partial charge in [-0.3, -0.25) is 0 Å². The van der Waals surface area contributed by atoms with E-state index in [1.54, 1.807) is 14.2 Å². The molecule has 0 amide bonds. The lowest BCUT2D eigenvalue weighted by molar-refractivity contribution is -0.933. The minimum absolute atomic E-state index is 0. The zero-order valence-corrected chi connectivity index (χ0v) is 19.9. The second-order valence-corrected chi connectivity index (χ2v) is 7.65. The molecule has 0 aliphatic carbocycles. The van der Waals surface area contributed by atoms with Crippen molar-refractivity contribution < 1.29 is 35.8 Å². The van der Waals surface area contributed by atoms with E-state index in [2.05, 4.69) is 0 Å². The van der Waals surface area contributed by atoms with Gasteiger partial charge in [0, 0.05) is 0 Å². The Hall–Kier alpha value is -1.86. The van der Waals surface area contributed by atoms with Crippen LogP contribution in [0.5, 0.6) is 23.0 Å². The lowest BCUT2D eigenvalue weighted by atomic mass is 10.0. The highest BCUT2D eigenvalue weighted by molar-refractivity contribution is 5.85. The van der Waals surface area contributed by atoms with Crippen LogP contribution in [-0.2, 0) is 0 Å². The summed E-state index contributed by atoms with van der Waals surface area (Å²) in [7, 11) is 3.33. The van der Waals surface area contributed by atoms with Crippen LogP contribution in [0.2, 0.25) is 0 Å². The maximum absolute atomic E-state index is 6.31. The predicted octanol–water partition coefficient (Wildman–Crippen LogP) is 0.525. The van der Waals surface area contributed by atoms with Crippen LogP contribution in [-0.4, -0.2) is 64.1 Å². The number of rotatable bonds is 10. The molecule has 1 atom stereocenters. The van der Waals surface area contributed by atoms with Gasteiger partial charge in [0.2, 0.25) is 0 Å². The van der Waals surface area contributed by atoms with Crippen LogP contribution in [0.25, 0.3) is 0 Å². The fourth-order valence-electron chi connectivity index (χ4n) is 3.95. The molecule has 0 radical (unpaired) electrons. The number of halogens is 2. The highest BCUT2D eigenvalue weighted by atomic mass is 35.5. The summed E-state index contributed by atoms with van der Waals surface area (Å²) in [6.07, 6.45) is 2.24. The molecule has 1 aliphatic heterocycles. The molecule has 8 heteroatoms. The van der Waals surface area contributed by atoms with E-state index in [0.717, 1.165) is 66.5 Å². The van der Waals surface area contributed by atoms with Crippen LogP contribution < -0.4 is 37.1 Å². The van der Waals surface area contributed by atoms with E-state index in [-0.39, 0.29) is 30.9 Å². The van der Waals surface area contributed by atoms with Gasteiger partial charge in [-0.1, -0.05) is 0 Å². The van der Waals surface area contributed by atoms with E-state index in [1.807, 2.05) is 48.5 Å². The first-order chi connectivity index (χ1) is 14.1. The fourth-order valence-corrected chi connectivity index (χ4v) is 3.95. The van der Waals surface area contributed by atoms with Gasteiger partial charge in [-0.15, -0.1) is 12.4 Å². The monoisotopic (exact) mass is 472 g/mol. The number of ether oxygens (including phenoxy) is 4. The Morgan fingerprint density at radius 3 is 1.61 bits per heavy atom. The van der Waals surface area contributed by atoms with Crippen LogP contribution in [0.15, 0.2) is 48.5 Å². The van der Waals surface area contributed by atoms with Gasteiger partial charge in [0.15, 0.2) is 0 Å². The smallest absolute Gasteiger partial charge is 0.137 e. The Labute approximate surface area is 198 Å². The van der Waals surface area contributed by atoms with E-state index >= 15 is 0 Å². The number of benzene rings is 2. The highest BCUT2D eigenvalue weighted by Gasteiger charge is 2.33. The molecule has 0 aromatic heterocycles. The van der Waals surface area contributed by atoms with Crippen LogP contribution in [0.4, 0.5) is 0 Å². The van der Waals surface area contributed by atoms with Gasteiger partial charge in [-0.05, 0) is 61.4 Å². The maximum Gasteiger partial charge on any atom is 0.137 e. The van der Waals surface area contributed by atoms with Crippen molar-refractivity contribution in [3.63, 3.8) is 0 Å². The van der Waals surface area contributed by atoms with Crippen molar-refractivity contribution in [3.05, 3.63) is 48.5 Å². The molecule has 31 heavy (non-hydrogen) atoms. The van der Waals surface area contributed by atoms with Gasteiger partial charge in [0.1, 0.15) is 49.3 Å². The second kappa shape index (κ2) is 13.5. The van der Waals surface area contributed by atoms with Crippen molar-refractivity contribution in [2.75, 3.05) is 53.6 Å². The molecule has 2 aromatic rings. The summed E-state index contributed by atoms with van der Waals surface area (Å²) in [5.74, 6) is 3.39. The Morgan fingerprint density at radius 2 is 1.23 bits per heavy atom. The Kier molecular flexibility index (Phi) is 11.9. The first-order valence-corrected chi connectivity index (χ1v) is 10.3. The second-order valence-electron chi connectivity index (χ2n) is 7.65. The zero-order chi connectivity index (χ0) is 20.5. The maximum atomic E-state index is 6.31. The molecule has 3 rings (SSSR count). The lowest BCUT2D eigenvalue weighted by Crippen LogP contribution is -3.00. The Balaban J connectivity index is 0.00000240. The molecule has 0 bridgehead atoms. The first kappa shape index (κ1) is 27.2. The molecular weight excluding hydrogens is 439 g/mol. The van der Waals surface area contributed by atoms with E-state index < -0.39 is 0 Å². The third kappa shape index (κ3) is 8.30. The lowest BCUT2D eigenvalue weighted by Gasteiger charge is -2.43. The van der Waals surface area contributed by atoms with Crippen molar-refractivity contribution >= 4 is 12.4 Å². The molecule has 2 N–H and O–H groups in total. The van der Waals surface area contributed by atoms with Gasteiger partial charge in [0.05, 0.1) is 33.4 Å². The number of quaternary nitrogens is 1. The number of methoxy groups -OCH3 is 2. The molecule has 6 nitrogen and oxygen atoms in total. The van der Waals surface area contributed by atoms with Crippen molar-refractivity contribution in [1.82, 2.24) is 0 Å². The quantitative estimate of drug-likeness (QED) is 0.510. The first-order valence-electron chi connectivity index (χ1n) is 10.3. The third-order valence-electron chi connectivity index (χ3n) is 5.62. The molecule has 1 aliphatic rings. The van der Waals surface area contributed by atoms with Crippen molar-refractivity contribution in [2.45, 2.75) is 18.9 Å². The largest absolute Gasteiger partial charge is 1.00 e. The van der Waals surface area contributed by atoms with Crippen molar-refractivity contribution in [3.8, 4) is 23.0 Å². The zero-order valence-electron chi connectivity index (χ0n) is 18.3. The Bertz CT molecular complexity index is 691. The number of hydrogen-bond acceptors (Lipinski definition) is 5. The molecule has 2 aromatic carbocycles. The standard InChI is InChI=1S/C23H33N2O4.2ClH/c1-26-20-5-9-22(10-6-20)28-16-14-25(13-3-4-19(24)18-25)15-17-29-23-11-7-21(27-2)8-12-23;;/h5-12,19H,3-4,13-18,24H2,1-2H3;2*1H/q+1;;/p-1. The SMILES string of the molecule is COc1ccc(OCC[N+]2(CCOc3ccc(OC)cc3)CCCC(N)C2)cc1.Cl.[Cl-]. The minimum atomic E-state index is 0. The highest BCUT2D eigenvalue weighted by Crippen LogP contribution is 2.21. The number of nitrogens with two attached hydrogens (primary N) is 1. The molecule has 0 spiro atoms. The van der Waals surface area contributed by atoms with Crippen LogP contribution in [0.3, 0.4) is 0 Å². The summed E-state index contributed by atoms with van der Waals surface area (Å²) in [4.78, 5) is 0. The van der Waals surface area contributed by atoms with E-state index in [4.69, 9.17) is 24.7 Å². The third-order valence-corrected chi connectivity index (χ3v) is 5.62. The van der Waals surface area contributed by atoms with Crippen LogP contribution >= 0.6 is 12.4 Å². The van der Waals surface area contributed by atoms with Gasteiger partial charge < -0.3 is 41.6 Å². The number of hydrogen-bond donors (Lipinski definition) is 1. The summed E-state index contributed by atoms with van der Waals surface area (Å²) in [5, 5.41) is 0. The van der Waals surface area contributed by atoms with Crippen molar-refractivity contribution in [2.24, 2.45) is 5.73 Å². The van der Waals surface area contributed by atoms with Crippen molar-refractivity contribution in [1.29, 1.82) is 0 Å². The van der Waals surface area contributed by atoms with Crippen LogP contribution in [0, 0.1) is 0 Å². The number of likely N-dealkylation sites (tertiary alicyclic amines) is 1. The van der Waals surface area contributed by atoms with Crippen LogP contribution in [0.1, 0.15) is 12.8 Å². The molecule has 0 saturated carbocycles. The summed E-state index contributed by atoms with van der Waals surface area (Å²) < 4.78 is 23.3. The molecule has 1 unspecified atom stereocenters.